The molecule has 1 rings (SSSR count). The van der Waals surface area contributed by atoms with Crippen molar-refractivity contribution in [3.63, 3.8) is 0 Å². The molecule has 2 N–H and O–H groups in total. The van der Waals surface area contributed by atoms with E-state index in [1.807, 2.05) is 0 Å². The van der Waals surface area contributed by atoms with Gasteiger partial charge in [-0.05, 0) is 0 Å². The van der Waals surface area contributed by atoms with Crippen LogP contribution in [0.15, 0.2) is 0 Å². The molecule has 1 aliphatic heterocycles. The van der Waals surface area contributed by atoms with E-state index in [9.17, 15) is 0 Å². The van der Waals surface area contributed by atoms with Gasteiger partial charge in [0.2, 0.25) is 0 Å². The lowest BCUT2D eigenvalue weighted by atomic mass is 10.7. The van der Waals surface area contributed by atoms with Gasteiger partial charge in [0.15, 0.2) is 0 Å². The van der Waals surface area contributed by atoms with Crippen LogP contribution in [0.25, 0.3) is 0 Å². The summed E-state index contributed by atoms with van der Waals surface area (Å²) in [4.78, 5) is 1.72. The molecule has 1 heterocycles. The van der Waals surface area contributed by atoms with E-state index in [1.165, 1.54) is 0 Å². The summed E-state index contributed by atoms with van der Waals surface area (Å²) < 4.78 is 0. The number of aliphatic hydroxyl groups excluding tert-OH is 2. The summed E-state index contributed by atoms with van der Waals surface area (Å²) in [6.07, 6.45) is -0.289. The Morgan fingerprint density at radius 1 is 1.86 bits per heavy atom. The largest absolute Gasteiger partial charge is 0.389 e. The molecule has 2 atom stereocenters. The molecule has 0 aliphatic carbocycles. The van der Waals surface area contributed by atoms with Crippen LogP contribution in [0.2, 0.25) is 0 Å². The lowest BCUT2D eigenvalue weighted by molar-refractivity contribution is 0.203. The minimum Gasteiger partial charge on any atom is -0.389 e. The van der Waals surface area contributed by atoms with Crippen molar-refractivity contribution >= 4 is 0 Å². The summed E-state index contributed by atoms with van der Waals surface area (Å²) in [7, 11) is 0. The van der Waals surface area contributed by atoms with Crippen LogP contribution in [-0.4, -0.2) is 34.4 Å². The van der Waals surface area contributed by atoms with Crippen LogP contribution in [0.5, 0.6) is 0 Å². The second kappa shape index (κ2) is 1.78. The zero-order valence-corrected chi connectivity index (χ0v) is 3.91. The summed E-state index contributed by atoms with van der Waals surface area (Å²) in [5.74, 6) is 0. The molecule has 0 aromatic carbocycles. The molecule has 0 spiro atoms. The lowest BCUT2D eigenvalue weighted by Crippen LogP contribution is -2.02. The highest BCUT2D eigenvalue weighted by molar-refractivity contribution is 4.80. The predicted molar refractivity (Wildman–Crippen MR) is 23.8 cm³/mol. The Morgan fingerprint density at radius 2 is 2.43 bits per heavy atom. The van der Waals surface area contributed by atoms with Crippen LogP contribution in [-0.2, 0) is 0 Å². The molecule has 0 amide bonds. The highest BCUT2D eigenvalue weighted by Crippen LogP contribution is 2.11. The second-order valence-electron chi connectivity index (χ2n) is 1.62. The van der Waals surface area contributed by atoms with Crippen molar-refractivity contribution in [3.05, 3.63) is 6.61 Å². The summed E-state index contributed by atoms with van der Waals surface area (Å²) in [6.45, 7) is 2.23. The average Bonchev–Trinajstić information content (AvgIpc) is 2.22. The first kappa shape index (κ1) is 5.03. The first-order valence-corrected chi connectivity index (χ1v) is 2.22. The monoisotopic (exact) mass is 102 g/mol. The molecule has 1 fully saturated rings. The van der Waals surface area contributed by atoms with Crippen LogP contribution in [0, 0.1) is 6.61 Å². The number of hydrogen-bond acceptors (Lipinski definition) is 3. The highest BCUT2D eigenvalue weighted by Gasteiger charge is 2.30. The Labute approximate surface area is 42.2 Å². The van der Waals surface area contributed by atoms with Gasteiger partial charge in [-0.3, -0.25) is 4.90 Å². The van der Waals surface area contributed by atoms with E-state index < -0.39 is 0 Å². The topological polar surface area (TPSA) is 43.5 Å². The molecule has 2 unspecified atom stereocenters. The molecule has 0 aromatic heterocycles. The van der Waals surface area contributed by atoms with Crippen LogP contribution in [0.3, 0.4) is 0 Å². The molecular formula is C4H8NO2. The zero-order valence-electron chi connectivity index (χ0n) is 3.91. The van der Waals surface area contributed by atoms with E-state index >= 15 is 0 Å². The summed E-state index contributed by atoms with van der Waals surface area (Å²) in [5, 5.41) is 16.7. The Bertz CT molecular complexity index is 66.7. The summed E-state index contributed by atoms with van der Waals surface area (Å²) in [5.41, 5.74) is 0. The lowest BCUT2D eigenvalue weighted by Gasteiger charge is -1.90. The minimum atomic E-state index is -0.289. The van der Waals surface area contributed by atoms with Gasteiger partial charge in [0.05, 0.1) is 6.61 Å². The number of hydrogen-bond donors (Lipinski definition) is 2. The molecule has 0 aromatic rings. The zero-order chi connectivity index (χ0) is 5.28. The Balaban J connectivity index is 1.98. The standard InChI is InChI=1S/C4H8NO2/c6-2-1-5-3-4(5)7/h2,4,6-7H,1,3H2. The summed E-state index contributed by atoms with van der Waals surface area (Å²) >= 11 is 0. The van der Waals surface area contributed by atoms with Crippen molar-refractivity contribution in [2.75, 3.05) is 13.1 Å². The van der Waals surface area contributed by atoms with Gasteiger partial charge < -0.3 is 10.2 Å². The predicted octanol–water partition coefficient (Wildman–Crippen LogP) is -0.845. The Kier molecular flexibility index (Phi) is 1.27. The maximum atomic E-state index is 8.55. The van der Waals surface area contributed by atoms with E-state index in [2.05, 4.69) is 0 Å². The van der Waals surface area contributed by atoms with Gasteiger partial charge >= 0.3 is 0 Å². The molecule has 41 valence electrons. The van der Waals surface area contributed by atoms with Gasteiger partial charge in [-0.1, -0.05) is 0 Å². The third-order valence-electron chi connectivity index (χ3n) is 1.00. The van der Waals surface area contributed by atoms with Crippen molar-refractivity contribution in [3.8, 4) is 0 Å². The van der Waals surface area contributed by atoms with E-state index in [0.717, 1.165) is 6.61 Å². The van der Waals surface area contributed by atoms with Crippen molar-refractivity contribution in [2.45, 2.75) is 6.23 Å². The molecule has 3 heteroatoms. The quantitative estimate of drug-likeness (QED) is 0.446. The molecule has 7 heavy (non-hydrogen) atoms. The summed E-state index contributed by atoms with van der Waals surface area (Å²) in [6, 6.07) is 0. The van der Waals surface area contributed by atoms with Gasteiger partial charge in [0.1, 0.15) is 6.23 Å². The molecular weight excluding hydrogens is 94.0 g/mol. The Morgan fingerprint density at radius 3 is 2.57 bits per heavy atom. The third-order valence-corrected chi connectivity index (χ3v) is 1.00. The first-order chi connectivity index (χ1) is 3.34. The minimum absolute atomic E-state index is 0.289. The fraction of sp³-hybridized carbons (Fsp3) is 0.750. The van der Waals surface area contributed by atoms with E-state index in [4.69, 9.17) is 10.2 Å². The van der Waals surface area contributed by atoms with Crippen molar-refractivity contribution < 1.29 is 10.2 Å². The van der Waals surface area contributed by atoms with Crippen LogP contribution < -0.4 is 0 Å². The first-order valence-electron chi connectivity index (χ1n) is 2.22. The molecule has 3 nitrogen and oxygen atoms in total. The van der Waals surface area contributed by atoms with Gasteiger partial charge in [-0.25, -0.2) is 0 Å². The van der Waals surface area contributed by atoms with Gasteiger partial charge in [-0.15, -0.1) is 0 Å². The SMILES string of the molecule is O[CH]CN1CC1O. The fourth-order valence-corrected chi connectivity index (χ4v) is 0.464. The van der Waals surface area contributed by atoms with Gasteiger partial charge in [0, 0.05) is 13.1 Å². The number of β-amino-alcohol motifs (C(OH)–C–C–N with tert-alkyl or cyclic N) is 1. The molecule has 1 aliphatic rings. The normalized spacial score (nSPS) is 38.6. The van der Waals surface area contributed by atoms with Gasteiger partial charge in [0.25, 0.3) is 0 Å². The van der Waals surface area contributed by atoms with Crippen molar-refractivity contribution in [1.29, 1.82) is 0 Å². The van der Waals surface area contributed by atoms with E-state index in [0.29, 0.717) is 13.1 Å². The number of nitrogens with zero attached hydrogens (tertiary/aromatic N) is 1. The molecule has 1 radical (unpaired) electrons. The average molecular weight is 102 g/mol. The van der Waals surface area contributed by atoms with Crippen molar-refractivity contribution in [1.82, 2.24) is 4.90 Å². The van der Waals surface area contributed by atoms with Gasteiger partial charge in [-0.2, -0.15) is 0 Å². The van der Waals surface area contributed by atoms with E-state index in [-0.39, 0.29) is 6.23 Å². The highest BCUT2D eigenvalue weighted by atomic mass is 16.3. The maximum Gasteiger partial charge on any atom is 0.120 e. The van der Waals surface area contributed by atoms with E-state index in [1.54, 1.807) is 4.90 Å². The van der Waals surface area contributed by atoms with Crippen LogP contribution in [0.1, 0.15) is 0 Å². The fourth-order valence-electron chi connectivity index (χ4n) is 0.464. The maximum absolute atomic E-state index is 8.55. The van der Waals surface area contributed by atoms with Crippen molar-refractivity contribution in [2.24, 2.45) is 0 Å². The number of aliphatic hydroxyl groups is 2. The third kappa shape index (κ3) is 1.12. The second-order valence-corrected chi connectivity index (χ2v) is 1.62. The molecule has 0 saturated carbocycles. The molecule has 0 bridgehead atoms. The smallest absolute Gasteiger partial charge is 0.120 e. The molecule has 1 saturated heterocycles. The number of rotatable bonds is 2. The Hall–Kier alpha value is -0.120. The van der Waals surface area contributed by atoms with Crippen LogP contribution in [0.4, 0.5) is 0 Å². The van der Waals surface area contributed by atoms with Crippen LogP contribution >= 0.6 is 0 Å².